The lowest BCUT2D eigenvalue weighted by atomic mass is 10.1. The molecule has 25 heavy (non-hydrogen) atoms. The molecule has 1 aromatic rings. The monoisotopic (exact) mass is 380 g/mol. The fourth-order valence-corrected chi connectivity index (χ4v) is 2.51. The molecule has 2 amide bonds. The number of nitrogens with one attached hydrogen (secondary N) is 1. The molecule has 1 heterocycles. The summed E-state index contributed by atoms with van der Waals surface area (Å²) >= 11 is 11.0. The van der Waals surface area contributed by atoms with Gasteiger partial charge in [-0.3, -0.25) is 19.8 Å². The van der Waals surface area contributed by atoms with E-state index in [1.807, 2.05) is 0 Å². The molecule has 2 rings (SSSR count). The van der Waals surface area contributed by atoms with Crippen molar-refractivity contribution >= 4 is 52.8 Å². The van der Waals surface area contributed by atoms with Crippen LogP contribution in [0.1, 0.15) is 5.56 Å². The van der Waals surface area contributed by atoms with Crippen LogP contribution in [0.2, 0.25) is 5.02 Å². The second kappa shape index (κ2) is 7.91. The van der Waals surface area contributed by atoms with E-state index in [4.69, 9.17) is 33.7 Å². The molecule has 0 spiro atoms. The summed E-state index contributed by atoms with van der Waals surface area (Å²) in [6, 6.07) is 4.45. The molecule has 9 heteroatoms. The molecule has 0 atom stereocenters. The van der Waals surface area contributed by atoms with E-state index in [0.29, 0.717) is 5.56 Å². The van der Waals surface area contributed by atoms with Crippen LogP contribution < -0.4 is 10.1 Å². The number of aliphatic carboxylic acids is 1. The van der Waals surface area contributed by atoms with E-state index in [-0.39, 0.29) is 28.0 Å². The molecule has 0 bridgehead atoms. The zero-order chi connectivity index (χ0) is 18.6. The number of carboxylic acids is 1. The summed E-state index contributed by atoms with van der Waals surface area (Å²) in [5, 5.41) is 11.2. The van der Waals surface area contributed by atoms with E-state index >= 15 is 0 Å². The van der Waals surface area contributed by atoms with Gasteiger partial charge in [-0.25, -0.2) is 4.79 Å². The van der Waals surface area contributed by atoms with Crippen molar-refractivity contribution < 1.29 is 24.2 Å². The minimum Gasteiger partial charge on any atom is -0.480 e. The minimum atomic E-state index is -1.13. The van der Waals surface area contributed by atoms with Crippen LogP contribution in [-0.2, 0) is 14.4 Å². The number of carboxylic acid groups (broad SMARTS) is 1. The molecule has 0 saturated carbocycles. The van der Waals surface area contributed by atoms with Crippen LogP contribution in [0.5, 0.6) is 5.75 Å². The summed E-state index contributed by atoms with van der Waals surface area (Å²) in [5.74, 6) is -2.11. The Morgan fingerprint density at radius 3 is 2.76 bits per heavy atom. The number of nitrogens with zero attached hydrogens (tertiary/aromatic N) is 1. The Balaban J connectivity index is 2.28. The predicted octanol–water partition coefficient (Wildman–Crippen LogP) is 1.62. The first-order chi connectivity index (χ1) is 11.8. The first-order valence-corrected chi connectivity index (χ1v) is 7.76. The second-order valence-corrected chi connectivity index (χ2v) is 5.69. The topological polar surface area (TPSA) is 95.9 Å². The fourth-order valence-electron chi connectivity index (χ4n) is 2.02. The summed E-state index contributed by atoms with van der Waals surface area (Å²) in [7, 11) is 0. The van der Waals surface area contributed by atoms with Gasteiger partial charge in [0.1, 0.15) is 11.3 Å². The van der Waals surface area contributed by atoms with Gasteiger partial charge in [-0.15, -0.1) is 6.58 Å². The van der Waals surface area contributed by atoms with E-state index in [1.54, 1.807) is 6.07 Å². The van der Waals surface area contributed by atoms with Crippen molar-refractivity contribution in [3.05, 3.63) is 47.0 Å². The number of hydrogen-bond donors (Lipinski definition) is 2. The first-order valence-electron chi connectivity index (χ1n) is 6.97. The maximum Gasteiger partial charge on any atom is 0.341 e. The Labute approximate surface area is 153 Å². The highest BCUT2D eigenvalue weighted by Crippen LogP contribution is 2.27. The predicted molar refractivity (Wildman–Crippen MR) is 95.2 cm³/mol. The van der Waals surface area contributed by atoms with Crippen LogP contribution in [0.15, 0.2) is 36.4 Å². The van der Waals surface area contributed by atoms with E-state index in [2.05, 4.69) is 11.9 Å². The maximum absolute atomic E-state index is 12.4. The van der Waals surface area contributed by atoms with Gasteiger partial charge in [0, 0.05) is 6.54 Å². The lowest BCUT2D eigenvalue weighted by Gasteiger charge is -2.27. The normalized spacial score (nSPS) is 16.0. The number of carbonyl (C=O) groups is 3. The van der Waals surface area contributed by atoms with Crippen LogP contribution in [0.3, 0.4) is 0 Å². The second-order valence-electron chi connectivity index (χ2n) is 4.89. The van der Waals surface area contributed by atoms with Crippen LogP contribution >= 0.6 is 23.8 Å². The Kier molecular flexibility index (Phi) is 5.89. The largest absolute Gasteiger partial charge is 0.480 e. The molecule has 1 saturated heterocycles. The average Bonchev–Trinajstić information content (AvgIpc) is 2.54. The zero-order valence-electron chi connectivity index (χ0n) is 12.8. The Hall–Kier alpha value is -2.71. The smallest absolute Gasteiger partial charge is 0.341 e. The number of halogens is 1. The number of hydrogen-bond acceptors (Lipinski definition) is 5. The summed E-state index contributed by atoms with van der Waals surface area (Å²) in [4.78, 5) is 36.2. The first kappa shape index (κ1) is 18.6. The summed E-state index contributed by atoms with van der Waals surface area (Å²) < 4.78 is 5.01. The number of ether oxygens (including phenoxy) is 1. The van der Waals surface area contributed by atoms with Crippen LogP contribution in [-0.4, -0.2) is 46.1 Å². The number of amides is 2. The number of carbonyl (C=O) groups excluding carboxylic acids is 2. The summed E-state index contributed by atoms with van der Waals surface area (Å²) in [5.41, 5.74) is 0.364. The molecule has 0 unspecified atom stereocenters. The molecular formula is C16H13ClN2O5S. The highest BCUT2D eigenvalue weighted by atomic mass is 35.5. The highest BCUT2D eigenvalue weighted by Gasteiger charge is 2.32. The number of benzene rings is 1. The van der Waals surface area contributed by atoms with Crippen molar-refractivity contribution in [3.8, 4) is 5.75 Å². The average molecular weight is 381 g/mol. The number of rotatable bonds is 6. The van der Waals surface area contributed by atoms with E-state index < -0.39 is 24.4 Å². The molecule has 7 nitrogen and oxygen atoms in total. The van der Waals surface area contributed by atoms with Gasteiger partial charge >= 0.3 is 5.97 Å². The SMILES string of the molecule is C=CCN1C(=O)/C(=C\c2ccc(OCC(=O)O)c(Cl)c2)C(=O)NC1=S. The molecule has 2 N–H and O–H groups in total. The molecule has 0 aromatic heterocycles. The summed E-state index contributed by atoms with van der Waals surface area (Å²) in [6.07, 6.45) is 2.85. The third-order valence-electron chi connectivity index (χ3n) is 3.12. The van der Waals surface area contributed by atoms with Gasteiger partial charge in [0.05, 0.1) is 5.02 Å². The number of thiocarbonyl (C=S) groups is 1. The molecule has 0 aliphatic carbocycles. The van der Waals surface area contributed by atoms with Gasteiger partial charge in [-0.2, -0.15) is 0 Å². The maximum atomic E-state index is 12.4. The van der Waals surface area contributed by atoms with Gasteiger partial charge in [0.15, 0.2) is 11.7 Å². The molecule has 0 radical (unpaired) electrons. The molecular weight excluding hydrogens is 368 g/mol. The van der Waals surface area contributed by atoms with E-state index in [9.17, 15) is 14.4 Å². The van der Waals surface area contributed by atoms with Crippen molar-refractivity contribution in [3.63, 3.8) is 0 Å². The van der Waals surface area contributed by atoms with Gasteiger partial charge in [-0.1, -0.05) is 23.7 Å². The van der Waals surface area contributed by atoms with Crippen LogP contribution in [0.25, 0.3) is 6.08 Å². The third-order valence-corrected chi connectivity index (χ3v) is 3.73. The van der Waals surface area contributed by atoms with Gasteiger partial charge in [-0.05, 0) is 36.0 Å². The standard InChI is InChI=1S/C16H13ClN2O5S/c1-2-5-19-15(23)10(14(22)18-16(19)25)6-9-3-4-12(11(17)7-9)24-8-13(20)21/h2-4,6-7H,1,5,8H2,(H,20,21)(H,18,22,25)/b10-6-. The van der Waals surface area contributed by atoms with Crippen molar-refractivity contribution in [1.82, 2.24) is 10.2 Å². The zero-order valence-corrected chi connectivity index (χ0v) is 14.4. The Morgan fingerprint density at radius 2 is 2.16 bits per heavy atom. The van der Waals surface area contributed by atoms with Gasteiger partial charge in [0.25, 0.3) is 11.8 Å². The Morgan fingerprint density at radius 1 is 1.44 bits per heavy atom. The van der Waals surface area contributed by atoms with Crippen molar-refractivity contribution in [2.75, 3.05) is 13.2 Å². The molecule has 1 aliphatic rings. The van der Waals surface area contributed by atoms with Crippen molar-refractivity contribution in [1.29, 1.82) is 0 Å². The minimum absolute atomic E-state index is 0.0162. The fraction of sp³-hybridized carbons (Fsp3) is 0.125. The summed E-state index contributed by atoms with van der Waals surface area (Å²) in [6.45, 7) is 3.18. The lowest BCUT2D eigenvalue weighted by Crippen LogP contribution is -2.53. The van der Waals surface area contributed by atoms with Gasteiger partial charge < -0.3 is 9.84 Å². The van der Waals surface area contributed by atoms with E-state index in [1.165, 1.54) is 29.2 Å². The van der Waals surface area contributed by atoms with Gasteiger partial charge in [0.2, 0.25) is 0 Å². The molecule has 1 aliphatic heterocycles. The molecule has 1 aromatic carbocycles. The Bertz CT molecular complexity index is 806. The van der Waals surface area contributed by atoms with Crippen molar-refractivity contribution in [2.45, 2.75) is 0 Å². The van der Waals surface area contributed by atoms with E-state index in [0.717, 1.165) is 0 Å². The van der Waals surface area contributed by atoms with Crippen molar-refractivity contribution in [2.24, 2.45) is 0 Å². The molecule has 130 valence electrons. The third kappa shape index (κ3) is 4.43. The highest BCUT2D eigenvalue weighted by molar-refractivity contribution is 7.80. The van der Waals surface area contributed by atoms with Crippen LogP contribution in [0.4, 0.5) is 0 Å². The lowest BCUT2D eigenvalue weighted by molar-refractivity contribution is -0.139. The quantitative estimate of drug-likeness (QED) is 0.337. The van der Waals surface area contributed by atoms with Crippen LogP contribution in [0, 0.1) is 0 Å². The molecule has 1 fully saturated rings.